The van der Waals surface area contributed by atoms with Gasteiger partial charge in [0, 0.05) is 0 Å². The second kappa shape index (κ2) is 4.60. The number of nitrogens with two attached hydrogens (primary N) is 1. The lowest BCUT2D eigenvalue weighted by Crippen LogP contribution is -2.13. The van der Waals surface area contributed by atoms with E-state index in [0.29, 0.717) is 11.6 Å². The van der Waals surface area contributed by atoms with Gasteiger partial charge < -0.3 is 5.73 Å². The number of benzene rings is 1. The van der Waals surface area contributed by atoms with Crippen LogP contribution in [0.15, 0.2) is 24.3 Å². The van der Waals surface area contributed by atoms with Gasteiger partial charge in [-0.15, -0.1) is 5.10 Å². The first-order valence-corrected chi connectivity index (χ1v) is 5.83. The fraction of sp³-hybridized carbons (Fsp3) is 0.308. The first kappa shape index (κ1) is 12.3. The van der Waals surface area contributed by atoms with Crippen LogP contribution in [-0.4, -0.2) is 20.9 Å². The van der Waals surface area contributed by atoms with E-state index in [1.54, 1.807) is 11.6 Å². The van der Waals surface area contributed by atoms with Gasteiger partial charge >= 0.3 is 0 Å². The number of rotatable bonds is 3. The molecule has 1 aromatic carbocycles. The predicted molar refractivity (Wildman–Crippen MR) is 68.7 cm³/mol. The Balaban J connectivity index is 2.40. The lowest BCUT2D eigenvalue weighted by Gasteiger charge is -2.07. The number of nitrogens with zero attached hydrogens (tertiary/aromatic N) is 3. The highest BCUT2D eigenvalue weighted by Gasteiger charge is 2.14. The first-order chi connectivity index (χ1) is 8.50. The van der Waals surface area contributed by atoms with E-state index in [0.717, 1.165) is 5.69 Å². The number of hydrogen-bond donors (Lipinski definition) is 1. The summed E-state index contributed by atoms with van der Waals surface area (Å²) < 4.78 is 1.62. The first-order valence-electron chi connectivity index (χ1n) is 5.83. The van der Waals surface area contributed by atoms with E-state index in [1.165, 1.54) is 5.56 Å². The van der Waals surface area contributed by atoms with Crippen LogP contribution < -0.4 is 5.73 Å². The molecular weight excluding hydrogens is 228 g/mol. The summed E-state index contributed by atoms with van der Waals surface area (Å²) in [6.45, 7) is 6.05. The minimum absolute atomic E-state index is 0.211. The van der Waals surface area contributed by atoms with Crippen LogP contribution in [0.1, 0.15) is 41.5 Å². The smallest absolute Gasteiger partial charge is 0.271 e. The highest BCUT2D eigenvalue weighted by Crippen LogP contribution is 2.17. The molecule has 0 fully saturated rings. The Morgan fingerprint density at radius 1 is 1.28 bits per heavy atom. The van der Waals surface area contributed by atoms with Gasteiger partial charge in [-0.3, -0.25) is 4.79 Å². The minimum Gasteiger partial charge on any atom is -0.364 e. The monoisotopic (exact) mass is 244 g/mol. The lowest BCUT2D eigenvalue weighted by atomic mass is 10.0. The van der Waals surface area contributed by atoms with Crippen LogP contribution in [0.3, 0.4) is 0 Å². The largest absolute Gasteiger partial charge is 0.364 e. The molecule has 94 valence electrons. The molecule has 0 unspecified atom stereocenters. The third kappa shape index (κ3) is 2.11. The molecule has 5 heteroatoms. The van der Waals surface area contributed by atoms with E-state index in [1.807, 2.05) is 24.3 Å². The highest BCUT2D eigenvalue weighted by atomic mass is 16.1. The normalized spacial score (nSPS) is 10.9. The molecule has 0 aliphatic rings. The number of carbonyl (C=O) groups is 1. The summed E-state index contributed by atoms with van der Waals surface area (Å²) in [7, 11) is 0. The van der Waals surface area contributed by atoms with Crippen molar-refractivity contribution in [1.29, 1.82) is 0 Å². The highest BCUT2D eigenvalue weighted by molar-refractivity contribution is 5.91. The van der Waals surface area contributed by atoms with Gasteiger partial charge in [-0.25, -0.2) is 4.68 Å². The van der Waals surface area contributed by atoms with Gasteiger partial charge in [-0.05, 0) is 30.5 Å². The van der Waals surface area contributed by atoms with E-state index in [-0.39, 0.29) is 5.69 Å². The van der Waals surface area contributed by atoms with Gasteiger partial charge in [-0.1, -0.05) is 31.2 Å². The summed E-state index contributed by atoms with van der Waals surface area (Å²) in [5.41, 5.74) is 8.21. The SMILES string of the molecule is Cc1c(C(N)=O)nnn1-c1ccc(C(C)C)cc1. The molecule has 0 radical (unpaired) electrons. The molecular formula is C13H16N4O. The van der Waals surface area contributed by atoms with Gasteiger partial charge in [0.05, 0.1) is 11.4 Å². The van der Waals surface area contributed by atoms with Crippen LogP contribution in [-0.2, 0) is 0 Å². The maximum atomic E-state index is 11.1. The summed E-state index contributed by atoms with van der Waals surface area (Å²) in [4.78, 5) is 11.1. The van der Waals surface area contributed by atoms with Crippen molar-refractivity contribution in [1.82, 2.24) is 15.0 Å². The molecule has 1 aromatic heterocycles. The molecule has 18 heavy (non-hydrogen) atoms. The van der Waals surface area contributed by atoms with E-state index in [2.05, 4.69) is 24.2 Å². The molecule has 0 aliphatic carbocycles. The van der Waals surface area contributed by atoms with Crippen LogP contribution in [0.4, 0.5) is 0 Å². The topological polar surface area (TPSA) is 73.8 Å². The number of aromatic nitrogens is 3. The molecule has 0 atom stereocenters. The van der Waals surface area contributed by atoms with Crippen molar-refractivity contribution in [2.24, 2.45) is 5.73 Å². The number of carbonyl (C=O) groups excluding carboxylic acids is 1. The standard InChI is InChI=1S/C13H16N4O/c1-8(2)10-4-6-11(7-5-10)17-9(3)12(13(14)18)15-16-17/h4-8H,1-3H3,(H2,14,18). The van der Waals surface area contributed by atoms with Crippen molar-refractivity contribution in [2.75, 3.05) is 0 Å². The molecule has 1 heterocycles. The molecule has 0 aliphatic heterocycles. The molecule has 2 rings (SSSR count). The molecule has 0 saturated heterocycles. The average molecular weight is 244 g/mol. The van der Waals surface area contributed by atoms with Crippen LogP contribution in [0.25, 0.3) is 5.69 Å². The van der Waals surface area contributed by atoms with E-state index in [9.17, 15) is 4.79 Å². The third-order valence-electron chi connectivity index (χ3n) is 2.93. The predicted octanol–water partition coefficient (Wildman–Crippen LogP) is 1.80. The molecule has 2 aromatic rings. The van der Waals surface area contributed by atoms with Gasteiger partial charge in [0.2, 0.25) is 0 Å². The van der Waals surface area contributed by atoms with Crippen molar-refractivity contribution in [2.45, 2.75) is 26.7 Å². The molecule has 0 saturated carbocycles. The molecule has 0 bridgehead atoms. The van der Waals surface area contributed by atoms with Crippen molar-refractivity contribution in [3.05, 3.63) is 41.2 Å². The summed E-state index contributed by atoms with van der Waals surface area (Å²) in [6.07, 6.45) is 0. The second-order valence-corrected chi connectivity index (χ2v) is 4.55. The Hall–Kier alpha value is -2.17. The Labute approximate surface area is 106 Å². The van der Waals surface area contributed by atoms with Crippen molar-refractivity contribution >= 4 is 5.91 Å². The fourth-order valence-corrected chi connectivity index (χ4v) is 1.80. The maximum Gasteiger partial charge on any atom is 0.271 e. The summed E-state index contributed by atoms with van der Waals surface area (Å²) in [5.74, 6) is -0.0744. The second-order valence-electron chi connectivity index (χ2n) is 4.55. The summed E-state index contributed by atoms with van der Waals surface area (Å²) >= 11 is 0. The van der Waals surface area contributed by atoms with Gasteiger partial charge in [0.25, 0.3) is 5.91 Å². The molecule has 1 amide bonds. The quantitative estimate of drug-likeness (QED) is 0.894. The molecule has 0 spiro atoms. The lowest BCUT2D eigenvalue weighted by molar-refractivity contribution is 0.0995. The Bertz CT molecular complexity index is 569. The third-order valence-corrected chi connectivity index (χ3v) is 2.93. The minimum atomic E-state index is -0.558. The number of amides is 1. The van der Waals surface area contributed by atoms with Crippen molar-refractivity contribution in [3.8, 4) is 5.69 Å². The average Bonchev–Trinajstić information content (AvgIpc) is 2.71. The van der Waals surface area contributed by atoms with Crippen LogP contribution in [0.5, 0.6) is 0 Å². The van der Waals surface area contributed by atoms with E-state index in [4.69, 9.17) is 5.73 Å². The zero-order valence-electron chi connectivity index (χ0n) is 10.7. The number of hydrogen-bond acceptors (Lipinski definition) is 3. The van der Waals surface area contributed by atoms with Crippen molar-refractivity contribution in [3.63, 3.8) is 0 Å². The van der Waals surface area contributed by atoms with Crippen molar-refractivity contribution < 1.29 is 4.79 Å². The van der Waals surface area contributed by atoms with E-state index >= 15 is 0 Å². The van der Waals surface area contributed by atoms with Crippen LogP contribution in [0, 0.1) is 6.92 Å². The van der Waals surface area contributed by atoms with Gasteiger partial charge in [0.1, 0.15) is 0 Å². The zero-order chi connectivity index (χ0) is 13.3. The Morgan fingerprint density at radius 3 is 2.33 bits per heavy atom. The zero-order valence-corrected chi connectivity index (χ0v) is 10.7. The van der Waals surface area contributed by atoms with Crippen LogP contribution in [0.2, 0.25) is 0 Å². The fourth-order valence-electron chi connectivity index (χ4n) is 1.80. The Morgan fingerprint density at radius 2 is 1.89 bits per heavy atom. The molecule has 5 nitrogen and oxygen atoms in total. The number of primary amides is 1. The maximum absolute atomic E-state index is 11.1. The van der Waals surface area contributed by atoms with Gasteiger partial charge in [-0.2, -0.15) is 0 Å². The molecule has 2 N–H and O–H groups in total. The summed E-state index contributed by atoms with van der Waals surface area (Å²) in [5, 5.41) is 7.74. The summed E-state index contributed by atoms with van der Waals surface area (Å²) in [6, 6.07) is 8.01. The van der Waals surface area contributed by atoms with Crippen LogP contribution >= 0.6 is 0 Å². The van der Waals surface area contributed by atoms with E-state index < -0.39 is 5.91 Å². The van der Waals surface area contributed by atoms with Gasteiger partial charge in [0.15, 0.2) is 5.69 Å². The Kier molecular flexibility index (Phi) is 3.14.